The molecule has 0 heterocycles. The monoisotopic (exact) mass is 448 g/mol. The van der Waals surface area contributed by atoms with Crippen molar-refractivity contribution >= 4 is 18.0 Å². The molecule has 2 aliphatic carbocycles. The third-order valence-electron chi connectivity index (χ3n) is 6.35. The van der Waals surface area contributed by atoms with E-state index in [4.69, 9.17) is 9.84 Å². The number of carbonyl (C=O) groups excluding carboxylic acids is 2. The van der Waals surface area contributed by atoms with Crippen LogP contribution in [0.5, 0.6) is 0 Å². The second kappa shape index (κ2) is 9.90. The lowest BCUT2D eigenvalue weighted by Gasteiger charge is -2.25. The molecule has 0 saturated carbocycles. The highest BCUT2D eigenvalue weighted by Gasteiger charge is 2.30. The van der Waals surface area contributed by atoms with E-state index in [0.717, 1.165) is 11.1 Å². The van der Waals surface area contributed by atoms with Crippen molar-refractivity contribution < 1.29 is 24.2 Å². The Kier molecular flexibility index (Phi) is 6.77. The van der Waals surface area contributed by atoms with Crippen LogP contribution in [0.3, 0.4) is 0 Å². The SMILES string of the molecule is CC(CNC(=O)[C@@H]1CC=C[C@@H](NC(=O)OCC2c3ccccc3-c3ccccc32)C1)C(=O)O. The summed E-state index contributed by atoms with van der Waals surface area (Å²) in [6.07, 6.45) is 4.20. The number of amides is 2. The Bertz CT molecular complexity index is 1030. The summed E-state index contributed by atoms with van der Waals surface area (Å²) >= 11 is 0. The Morgan fingerprint density at radius 3 is 2.33 bits per heavy atom. The maximum absolute atomic E-state index is 12.5. The van der Waals surface area contributed by atoms with E-state index in [1.165, 1.54) is 11.1 Å². The van der Waals surface area contributed by atoms with Gasteiger partial charge >= 0.3 is 12.1 Å². The number of nitrogens with one attached hydrogen (secondary N) is 2. The Labute approximate surface area is 192 Å². The van der Waals surface area contributed by atoms with Crippen LogP contribution >= 0.6 is 0 Å². The standard InChI is InChI=1S/C26H28N2O5/c1-16(25(30)31)14-27-24(29)17-7-6-8-18(13-17)28-26(32)33-15-23-21-11-4-2-9-19(21)20-10-3-5-12-22(20)23/h2-6,8-12,16-18,23H,7,13-15H2,1H3,(H,27,29)(H,28,32)(H,30,31)/t16?,17-,18-/m1/s1. The van der Waals surface area contributed by atoms with Crippen molar-refractivity contribution in [1.82, 2.24) is 10.6 Å². The summed E-state index contributed by atoms with van der Waals surface area (Å²) in [7, 11) is 0. The maximum Gasteiger partial charge on any atom is 0.407 e. The number of hydrogen-bond donors (Lipinski definition) is 3. The molecule has 0 aromatic heterocycles. The number of aliphatic carboxylic acids is 1. The van der Waals surface area contributed by atoms with Crippen LogP contribution in [0, 0.1) is 11.8 Å². The summed E-state index contributed by atoms with van der Waals surface area (Å²) < 4.78 is 5.59. The number of hydrogen-bond acceptors (Lipinski definition) is 4. The summed E-state index contributed by atoms with van der Waals surface area (Å²) in [6, 6.07) is 16.0. The largest absolute Gasteiger partial charge is 0.481 e. The van der Waals surface area contributed by atoms with Crippen LogP contribution in [0.1, 0.15) is 36.8 Å². The Morgan fingerprint density at radius 1 is 1.06 bits per heavy atom. The van der Waals surface area contributed by atoms with Gasteiger partial charge in [-0.1, -0.05) is 67.6 Å². The predicted octanol–water partition coefficient (Wildman–Crippen LogP) is 3.70. The van der Waals surface area contributed by atoms with Gasteiger partial charge < -0.3 is 20.5 Å². The number of alkyl carbamates (subject to hydrolysis) is 1. The van der Waals surface area contributed by atoms with Gasteiger partial charge in [-0.3, -0.25) is 9.59 Å². The molecule has 7 nitrogen and oxygen atoms in total. The van der Waals surface area contributed by atoms with Gasteiger partial charge in [0.25, 0.3) is 0 Å². The normalized spacial score (nSPS) is 19.8. The van der Waals surface area contributed by atoms with Crippen molar-refractivity contribution in [3.63, 3.8) is 0 Å². The number of carboxylic acids is 1. The van der Waals surface area contributed by atoms with Crippen molar-refractivity contribution in [2.45, 2.75) is 31.7 Å². The van der Waals surface area contributed by atoms with Gasteiger partial charge in [0, 0.05) is 18.4 Å². The van der Waals surface area contributed by atoms with E-state index in [2.05, 4.69) is 34.9 Å². The third kappa shape index (κ3) is 5.08. The molecular formula is C26H28N2O5. The molecule has 3 atom stereocenters. The fraction of sp³-hybridized carbons (Fsp3) is 0.346. The summed E-state index contributed by atoms with van der Waals surface area (Å²) in [5, 5.41) is 14.5. The van der Waals surface area contributed by atoms with Crippen LogP contribution in [-0.4, -0.2) is 42.3 Å². The van der Waals surface area contributed by atoms with Crippen LogP contribution in [0.4, 0.5) is 4.79 Å². The van der Waals surface area contributed by atoms with E-state index in [-0.39, 0.29) is 36.9 Å². The zero-order valence-corrected chi connectivity index (χ0v) is 18.5. The van der Waals surface area contributed by atoms with Crippen molar-refractivity contribution in [2.75, 3.05) is 13.2 Å². The number of allylic oxidation sites excluding steroid dienone is 1. The topological polar surface area (TPSA) is 105 Å². The first-order valence-corrected chi connectivity index (χ1v) is 11.2. The predicted molar refractivity (Wildman–Crippen MR) is 124 cm³/mol. The molecule has 172 valence electrons. The summed E-state index contributed by atoms with van der Waals surface area (Å²) in [4.78, 5) is 35.9. The number of ether oxygens (including phenoxy) is 1. The molecule has 2 aliphatic rings. The molecule has 0 spiro atoms. The van der Waals surface area contributed by atoms with Gasteiger partial charge in [0.05, 0.1) is 12.0 Å². The fourth-order valence-electron chi connectivity index (χ4n) is 4.49. The molecule has 0 aliphatic heterocycles. The van der Waals surface area contributed by atoms with E-state index in [0.29, 0.717) is 12.8 Å². The number of fused-ring (bicyclic) bond motifs is 3. The number of rotatable bonds is 7. The van der Waals surface area contributed by atoms with Crippen molar-refractivity contribution in [2.24, 2.45) is 11.8 Å². The average molecular weight is 449 g/mol. The molecule has 3 N–H and O–H groups in total. The van der Waals surface area contributed by atoms with Crippen molar-refractivity contribution in [1.29, 1.82) is 0 Å². The number of carboxylic acid groups (broad SMARTS) is 1. The van der Waals surface area contributed by atoms with Crippen LogP contribution in [-0.2, 0) is 14.3 Å². The van der Waals surface area contributed by atoms with E-state index in [1.54, 1.807) is 6.92 Å². The van der Waals surface area contributed by atoms with Crippen molar-refractivity contribution in [3.05, 3.63) is 71.8 Å². The first kappa shape index (κ1) is 22.6. The Balaban J connectivity index is 1.31. The van der Waals surface area contributed by atoms with E-state index in [1.807, 2.05) is 36.4 Å². The molecular weight excluding hydrogens is 420 g/mol. The number of carbonyl (C=O) groups is 3. The zero-order chi connectivity index (χ0) is 23.4. The molecule has 7 heteroatoms. The lowest BCUT2D eigenvalue weighted by atomic mass is 9.90. The minimum atomic E-state index is -0.950. The highest BCUT2D eigenvalue weighted by molar-refractivity contribution is 5.80. The summed E-state index contributed by atoms with van der Waals surface area (Å²) in [5.41, 5.74) is 4.64. The van der Waals surface area contributed by atoms with Gasteiger partial charge in [0.15, 0.2) is 0 Å². The smallest absolute Gasteiger partial charge is 0.407 e. The second-order valence-corrected chi connectivity index (χ2v) is 8.66. The third-order valence-corrected chi connectivity index (χ3v) is 6.35. The first-order valence-electron chi connectivity index (χ1n) is 11.2. The second-order valence-electron chi connectivity index (χ2n) is 8.66. The van der Waals surface area contributed by atoms with Gasteiger partial charge in [-0.05, 0) is 35.1 Å². The highest BCUT2D eigenvalue weighted by atomic mass is 16.5. The van der Waals surface area contributed by atoms with Gasteiger partial charge in [0.2, 0.25) is 5.91 Å². The highest BCUT2D eigenvalue weighted by Crippen LogP contribution is 2.44. The van der Waals surface area contributed by atoms with Crippen molar-refractivity contribution in [3.8, 4) is 11.1 Å². The van der Waals surface area contributed by atoms with E-state index >= 15 is 0 Å². The number of benzene rings is 2. The maximum atomic E-state index is 12.5. The summed E-state index contributed by atoms with van der Waals surface area (Å²) in [5.74, 6) is -2.14. The van der Waals surface area contributed by atoms with Gasteiger partial charge in [-0.15, -0.1) is 0 Å². The lowest BCUT2D eigenvalue weighted by molar-refractivity contribution is -0.141. The molecule has 0 bridgehead atoms. The molecule has 2 aromatic rings. The van der Waals surface area contributed by atoms with E-state index in [9.17, 15) is 14.4 Å². The van der Waals surface area contributed by atoms with Gasteiger partial charge in [-0.25, -0.2) is 4.79 Å². The Morgan fingerprint density at radius 2 is 1.70 bits per heavy atom. The molecule has 1 unspecified atom stereocenters. The van der Waals surface area contributed by atoms with Crippen LogP contribution in [0.25, 0.3) is 11.1 Å². The molecule has 33 heavy (non-hydrogen) atoms. The van der Waals surface area contributed by atoms with Crippen LogP contribution in [0.15, 0.2) is 60.7 Å². The fourth-order valence-corrected chi connectivity index (χ4v) is 4.49. The first-order chi connectivity index (χ1) is 15.9. The minimum absolute atomic E-state index is 0.0141. The molecule has 2 aromatic carbocycles. The lowest BCUT2D eigenvalue weighted by Crippen LogP contribution is -2.42. The molecule has 4 rings (SSSR count). The molecule has 2 amide bonds. The zero-order valence-electron chi connectivity index (χ0n) is 18.5. The van der Waals surface area contributed by atoms with E-state index < -0.39 is 18.0 Å². The molecule has 0 radical (unpaired) electrons. The summed E-state index contributed by atoms with van der Waals surface area (Å²) in [6.45, 7) is 1.86. The average Bonchev–Trinajstić information content (AvgIpc) is 3.15. The van der Waals surface area contributed by atoms with Gasteiger partial charge in [0.1, 0.15) is 6.61 Å². The molecule has 0 saturated heterocycles. The quantitative estimate of drug-likeness (QED) is 0.561. The molecule has 0 fully saturated rings. The minimum Gasteiger partial charge on any atom is -0.481 e. The van der Waals surface area contributed by atoms with Crippen LogP contribution in [0.2, 0.25) is 0 Å². The van der Waals surface area contributed by atoms with Gasteiger partial charge in [-0.2, -0.15) is 0 Å². The van der Waals surface area contributed by atoms with Crippen LogP contribution < -0.4 is 10.6 Å². The Hall–Kier alpha value is -3.61.